The van der Waals surface area contributed by atoms with E-state index in [1.165, 1.54) is 12.0 Å². The molecule has 0 aliphatic carbocycles. The Balaban J connectivity index is 2.21. The molecule has 1 aromatic rings. The standard InChI is InChI=1S/C18H23NO4/c1-18(2,3)23-17(21)19-12-14(11-15(19)16(20)22-4)10-13-8-6-5-7-9-13/h5-10,15H,11-12H2,1-4H3/t15-/m0/s1. The zero-order valence-electron chi connectivity index (χ0n) is 14.0. The van der Waals surface area contributed by atoms with Gasteiger partial charge in [-0.05, 0) is 31.9 Å². The lowest BCUT2D eigenvalue weighted by Gasteiger charge is -2.27. The third-order valence-electron chi connectivity index (χ3n) is 3.48. The molecule has 1 aliphatic heterocycles. The molecule has 2 rings (SSSR count). The van der Waals surface area contributed by atoms with Crippen molar-refractivity contribution in [3.8, 4) is 0 Å². The van der Waals surface area contributed by atoms with Gasteiger partial charge < -0.3 is 9.47 Å². The molecule has 0 saturated carbocycles. The molecule has 1 aromatic carbocycles. The average Bonchev–Trinajstić information content (AvgIpc) is 2.90. The summed E-state index contributed by atoms with van der Waals surface area (Å²) >= 11 is 0. The fraction of sp³-hybridized carbons (Fsp3) is 0.444. The molecule has 1 atom stereocenters. The van der Waals surface area contributed by atoms with Gasteiger partial charge in [0.1, 0.15) is 11.6 Å². The molecule has 0 spiro atoms. The van der Waals surface area contributed by atoms with Gasteiger partial charge in [0.2, 0.25) is 0 Å². The Morgan fingerprint density at radius 2 is 1.87 bits per heavy atom. The van der Waals surface area contributed by atoms with E-state index in [1.807, 2.05) is 36.4 Å². The van der Waals surface area contributed by atoms with Crippen LogP contribution in [0.5, 0.6) is 0 Å². The topological polar surface area (TPSA) is 55.8 Å². The van der Waals surface area contributed by atoms with Crippen LogP contribution in [-0.4, -0.2) is 42.3 Å². The van der Waals surface area contributed by atoms with E-state index in [1.54, 1.807) is 20.8 Å². The van der Waals surface area contributed by atoms with Gasteiger partial charge >= 0.3 is 12.1 Å². The Morgan fingerprint density at radius 1 is 1.22 bits per heavy atom. The highest BCUT2D eigenvalue weighted by molar-refractivity contribution is 5.83. The predicted octanol–water partition coefficient (Wildman–Crippen LogP) is 3.25. The Kier molecular flexibility index (Phi) is 5.08. The second-order valence-electron chi connectivity index (χ2n) is 6.56. The van der Waals surface area contributed by atoms with E-state index in [9.17, 15) is 9.59 Å². The molecule has 0 unspecified atom stereocenters. The zero-order valence-corrected chi connectivity index (χ0v) is 14.0. The lowest BCUT2D eigenvalue weighted by molar-refractivity contribution is -0.145. The molecule has 1 heterocycles. The summed E-state index contributed by atoms with van der Waals surface area (Å²) in [6, 6.07) is 9.17. The van der Waals surface area contributed by atoms with Crippen LogP contribution >= 0.6 is 0 Å². The number of benzene rings is 1. The molecule has 23 heavy (non-hydrogen) atoms. The Labute approximate surface area is 136 Å². The van der Waals surface area contributed by atoms with Crippen LogP contribution in [0.4, 0.5) is 4.79 Å². The number of carbonyl (C=O) groups is 2. The van der Waals surface area contributed by atoms with E-state index < -0.39 is 23.7 Å². The SMILES string of the molecule is COC(=O)[C@@H]1CC(=Cc2ccccc2)CN1C(=O)OC(C)(C)C. The minimum absolute atomic E-state index is 0.365. The summed E-state index contributed by atoms with van der Waals surface area (Å²) in [4.78, 5) is 25.8. The summed E-state index contributed by atoms with van der Waals surface area (Å²) in [5.41, 5.74) is 1.43. The van der Waals surface area contributed by atoms with Gasteiger partial charge in [-0.3, -0.25) is 4.90 Å². The summed E-state index contributed by atoms with van der Waals surface area (Å²) in [5.74, 6) is -0.424. The number of nitrogens with zero attached hydrogens (tertiary/aromatic N) is 1. The van der Waals surface area contributed by atoms with Crippen molar-refractivity contribution < 1.29 is 19.1 Å². The Hall–Kier alpha value is -2.30. The first-order valence-corrected chi connectivity index (χ1v) is 7.62. The summed E-state index contributed by atoms with van der Waals surface area (Å²) in [5, 5.41) is 0. The molecule has 1 amide bonds. The molecular formula is C18H23NO4. The van der Waals surface area contributed by atoms with Crippen LogP contribution in [0.3, 0.4) is 0 Å². The highest BCUT2D eigenvalue weighted by atomic mass is 16.6. The van der Waals surface area contributed by atoms with Crippen molar-refractivity contribution in [1.29, 1.82) is 0 Å². The molecule has 0 radical (unpaired) electrons. The quantitative estimate of drug-likeness (QED) is 0.786. The average molecular weight is 317 g/mol. The van der Waals surface area contributed by atoms with E-state index in [0.717, 1.165) is 11.1 Å². The van der Waals surface area contributed by atoms with Crippen LogP contribution in [0.15, 0.2) is 35.9 Å². The third-order valence-corrected chi connectivity index (χ3v) is 3.48. The minimum Gasteiger partial charge on any atom is -0.467 e. The van der Waals surface area contributed by atoms with Crippen molar-refractivity contribution in [2.45, 2.75) is 38.8 Å². The maximum atomic E-state index is 12.4. The monoisotopic (exact) mass is 317 g/mol. The number of esters is 1. The maximum Gasteiger partial charge on any atom is 0.411 e. The van der Waals surface area contributed by atoms with E-state index in [0.29, 0.717) is 13.0 Å². The summed E-state index contributed by atoms with van der Waals surface area (Å²) < 4.78 is 10.2. The van der Waals surface area contributed by atoms with Crippen molar-refractivity contribution in [3.05, 3.63) is 41.5 Å². The second kappa shape index (κ2) is 6.86. The number of amides is 1. The van der Waals surface area contributed by atoms with Gasteiger partial charge in [-0.25, -0.2) is 9.59 Å². The first-order valence-electron chi connectivity index (χ1n) is 7.62. The molecule has 0 bridgehead atoms. The van der Waals surface area contributed by atoms with Gasteiger partial charge in [-0.15, -0.1) is 0 Å². The lowest BCUT2D eigenvalue weighted by Crippen LogP contribution is -2.43. The van der Waals surface area contributed by atoms with E-state index in [-0.39, 0.29) is 0 Å². The molecule has 5 nitrogen and oxygen atoms in total. The van der Waals surface area contributed by atoms with Gasteiger partial charge in [-0.1, -0.05) is 36.4 Å². The molecule has 1 fully saturated rings. The number of rotatable bonds is 2. The number of methoxy groups -OCH3 is 1. The normalized spacial score (nSPS) is 19.7. The van der Waals surface area contributed by atoms with Crippen LogP contribution in [0, 0.1) is 0 Å². The fourth-order valence-electron chi connectivity index (χ4n) is 2.50. The van der Waals surface area contributed by atoms with Crippen molar-refractivity contribution in [1.82, 2.24) is 4.90 Å². The molecule has 5 heteroatoms. The molecule has 1 aliphatic rings. The highest BCUT2D eigenvalue weighted by Crippen LogP contribution is 2.27. The van der Waals surface area contributed by atoms with Crippen molar-refractivity contribution >= 4 is 18.1 Å². The fourth-order valence-corrected chi connectivity index (χ4v) is 2.50. The number of hydrogen-bond donors (Lipinski definition) is 0. The van der Waals surface area contributed by atoms with Crippen LogP contribution < -0.4 is 0 Å². The number of likely N-dealkylation sites (tertiary alicyclic amines) is 1. The van der Waals surface area contributed by atoms with Crippen LogP contribution in [0.2, 0.25) is 0 Å². The minimum atomic E-state index is -0.634. The Bertz CT molecular complexity index is 601. The number of ether oxygens (including phenoxy) is 2. The van der Waals surface area contributed by atoms with Crippen molar-refractivity contribution in [2.24, 2.45) is 0 Å². The van der Waals surface area contributed by atoms with Gasteiger partial charge in [0.15, 0.2) is 0 Å². The van der Waals surface area contributed by atoms with Crippen LogP contribution in [0.25, 0.3) is 6.08 Å². The van der Waals surface area contributed by atoms with E-state index in [4.69, 9.17) is 9.47 Å². The number of hydrogen-bond acceptors (Lipinski definition) is 4. The molecular weight excluding hydrogens is 294 g/mol. The largest absolute Gasteiger partial charge is 0.467 e. The smallest absolute Gasteiger partial charge is 0.411 e. The van der Waals surface area contributed by atoms with Gasteiger partial charge in [0, 0.05) is 13.0 Å². The van der Waals surface area contributed by atoms with Gasteiger partial charge in [-0.2, -0.15) is 0 Å². The second-order valence-corrected chi connectivity index (χ2v) is 6.56. The predicted molar refractivity (Wildman–Crippen MR) is 87.8 cm³/mol. The molecule has 0 aromatic heterocycles. The van der Waals surface area contributed by atoms with Crippen LogP contribution in [-0.2, 0) is 14.3 Å². The maximum absolute atomic E-state index is 12.4. The third kappa shape index (κ3) is 4.58. The number of carbonyl (C=O) groups excluding carboxylic acids is 2. The van der Waals surface area contributed by atoms with E-state index in [2.05, 4.69) is 0 Å². The first kappa shape index (κ1) is 17.1. The Morgan fingerprint density at radius 3 is 2.43 bits per heavy atom. The van der Waals surface area contributed by atoms with Crippen molar-refractivity contribution in [2.75, 3.05) is 13.7 Å². The summed E-state index contributed by atoms with van der Waals surface area (Å²) in [7, 11) is 1.33. The highest BCUT2D eigenvalue weighted by Gasteiger charge is 2.39. The van der Waals surface area contributed by atoms with Crippen LogP contribution in [0.1, 0.15) is 32.8 Å². The van der Waals surface area contributed by atoms with Crippen molar-refractivity contribution in [3.63, 3.8) is 0 Å². The molecule has 124 valence electrons. The zero-order chi connectivity index (χ0) is 17.0. The summed E-state index contributed by atoms with van der Waals surface area (Å²) in [6.45, 7) is 5.77. The summed E-state index contributed by atoms with van der Waals surface area (Å²) in [6.07, 6.45) is 1.96. The van der Waals surface area contributed by atoms with Gasteiger partial charge in [0.05, 0.1) is 7.11 Å². The molecule has 1 saturated heterocycles. The van der Waals surface area contributed by atoms with Gasteiger partial charge in [0.25, 0.3) is 0 Å². The molecule has 0 N–H and O–H groups in total. The lowest BCUT2D eigenvalue weighted by atomic mass is 10.1. The van der Waals surface area contributed by atoms with E-state index >= 15 is 0 Å². The first-order chi connectivity index (χ1) is 10.8.